The molecular formula is C5H8F2O3. The number of aliphatic carboxylic acids is 1. The minimum atomic E-state index is -3.75. The molecule has 0 unspecified atom stereocenters. The normalized spacial score (nSPS) is 11.5. The lowest BCUT2D eigenvalue weighted by Crippen LogP contribution is -2.33. The summed E-state index contributed by atoms with van der Waals surface area (Å²) in [6, 6.07) is 0. The predicted octanol–water partition coefficient (Wildman–Crippen LogP) is 0.743. The zero-order valence-corrected chi connectivity index (χ0v) is 5.43. The summed E-state index contributed by atoms with van der Waals surface area (Å²) in [4.78, 5) is 9.70. The first-order valence-corrected chi connectivity index (χ1v) is 2.69. The monoisotopic (exact) mass is 154 g/mol. The zero-order chi connectivity index (χ0) is 8.20. The molecular weight excluding hydrogens is 146 g/mol. The Morgan fingerprint density at radius 1 is 1.70 bits per heavy atom. The van der Waals surface area contributed by atoms with E-state index < -0.39 is 18.5 Å². The highest BCUT2D eigenvalue weighted by Crippen LogP contribution is 2.13. The van der Waals surface area contributed by atoms with E-state index in [0.717, 1.165) is 0 Å². The first kappa shape index (κ1) is 9.29. The van der Waals surface area contributed by atoms with Gasteiger partial charge in [-0.1, -0.05) is 0 Å². The maximum absolute atomic E-state index is 12.0. The average Bonchev–Trinajstić information content (AvgIpc) is 1.84. The first-order valence-electron chi connectivity index (χ1n) is 2.69. The lowest BCUT2D eigenvalue weighted by molar-refractivity contribution is -0.173. The number of carboxylic acid groups (broad SMARTS) is 1. The third-order valence-electron chi connectivity index (χ3n) is 0.800. The first-order chi connectivity index (χ1) is 4.50. The van der Waals surface area contributed by atoms with E-state index >= 15 is 0 Å². The standard InChI is InChI=1S/C5H8F2O3/c1-2-10-3-5(6,7)4(8)9/h2-3H2,1H3,(H,8,9). The number of halogens is 2. The number of alkyl halides is 2. The number of ether oxygens (including phenoxy) is 1. The molecule has 0 aromatic heterocycles. The van der Waals surface area contributed by atoms with Crippen LogP contribution in [0.1, 0.15) is 6.92 Å². The summed E-state index contributed by atoms with van der Waals surface area (Å²) in [6.45, 7) is 0.541. The van der Waals surface area contributed by atoms with Crippen molar-refractivity contribution in [3.63, 3.8) is 0 Å². The van der Waals surface area contributed by atoms with Gasteiger partial charge in [0.15, 0.2) is 0 Å². The molecule has 3 nitrogen and oxygen atoms in total. The van der Waals surface area contributed by atoms with Crippen LogP contribution in [-0.2, 0) is 9.53 Å². The molecule has 0 aromatic carbocycles. The van der Waals surface area contributed by atoms with Crippen LogP contribution < -0.4 is 0 Å². The molecule has 60 valence electrons. The van der Waals surface area contributed by atoms with E-state index in [0.29, 0.717) is 0 Å². The van der Waals surface area contributed by atoms with Gasteiger partial charge in [0.25, 0.3) is 0 Å². The Balaban J connectivity index is 3.75. The van der Waals surface area contributed by atoms with Gasteiger partial charge < -0.3 is 9.84 Å². The maximum atomic E-state index is 12.0. The maximum Gasteiger partial charge on any atom is 0.377 e. The summed E-state index contributed by atoms with van der Waals surface area (Å²) in [5, 5.41) is 7.84. The molecule has 0 fully saturated rings. The van der Waals surface area contributed by atoms with Crippen LogP contribution in [0.25, 0.3) is 0 Å². The van der Waals surface area contributed by atoms with E-state index in [4.69, 9.17) is 5.11 Å². The van der Waals surface area contributed by atoms with E-state index in [-0.39, 0.29) is 6.61 Å². The minimum Gasteiger partial charge on any atom is -0.477 e. The molecule has 1 N–H and O–H groups in total. The summed E-state index contributed by atoms with van der Waals surface area (Å²) in [5.74, 6) is -5.91. The number of carboxylic acids is 1. The van der Waals surface area contributed by atoms with Crippen LogP contribution in [0, 0.1) is 0 Å². The molecule has 0 aliphatic rings. The second-order valence-corrected chi connectivity index (χ2v) is 1.65. The van der Waals surface area contributed by atoms with E-state index in [1.807, 2.05) is 0 Å². The predicted molar refractivity (Wildman–Crippen MR) is 29.1 cm³/mol. The quantitative estimate of drug-likeness (QED) is 0.649. The van der Waals surface area contributed by atoms with Crippen molar-refractivity contribution in [2.75, 3.05) is 13.2 Å². The summed E-state index contributed by atoms with van der Waals surface area (Å²) in [5.41, 5.74) is 0. The topological polar surface area (TPSA) is 46.5 Å². The highest BCUT2D eigenvalue weighted by Gasteiger charge is 2.38. The average molecular weight is 154 g/mol. The molecule has 0 spiro atoms. The molecule has 10 heavy (non-hydrogen) atoms. The fraction of sp³-hybridized carbons (Fsp3) is 0.800. The van der Waals surface area contributed by atoms with Gasteiger partial charge in [0.2, 0.25) is 0 Å². The van der Waals surface area contributed by atoms with Crippen molar-refractivity contribution in [2.24, 2.45) is 0 Å². The number of rotatable bonds is 4. The highest BCUT2D eigenvalue weighted by molar-refractivity contribution is 5.75. The SMILES string of the molecule is CCOCC(F)(F)C(=O)O. The van der Waals surface area contributed by atoms with Crippen molar-refractivity contribution in [1.29, 1.82) is 0 Å². The van der Waals surface area contributed by atoms with Crippen LogP contribution in [0.2, 0.25) is 0 Å². The molecule has 0 aliphatic carbocycles. The van der Waals surface area contributed by atoms with Crippen molar-refractivity contribution >= 4 is 5.97 Å². The van der Waals surface area contributed by atoms with Crippen molar-refractivity contribution in [1.82, 2.24) is 0 Å². The Morgan fingerprint density at radius 2 is 2.20 bits per heavy atom. The van der Waals surface area contributed by atoms with Crippen LogP contribution in [0.5, 0.6) is 0 Å². The zero-order valence-electron chi connectivity index (χ0n) is 5.43. The van der Waals surface area contributed by atoms with E-state index in [1.165, 1.54) is 6.92 Å². The van der Waals surface area contributed by atoms with Crippen molar-refractivity contribution in [3.05, 3.63) is 0 Å². The largest absolute Gasteiger partial charge is 0.477 e. The molecule has 0 radical (unpaired) electrons. The Morgan fingerprint density at radius 3 is 2.50 bits per heavy atom. The Bertz CT molecular complexity index is 124. The minimum absolute atomic E-state index is 0.0862. The summed E-state index contributed by atoms with van der Waals surface area (Å²) < 4.78 is 28.2. The van der Waals surface area contributed by atoms with Crippen LogP contribution in [0.4, 0.5) is 8.78 Å². The molecule has 0 rings (SSSR count). The molecule has 0 amide bonds. The summed E-state index contributed by atoms with van der Waals surface area (Å²) in [7, 11) is 0. The van der Waals surface area contributed by atoms with Gasteiger partial charge in [-0.05, 0) is 6.92 Å². The fourth-order valence-electron chi connectivity index (χ4n) is 0.292. The van der Waals surface area contributed by atoms with Crippen LogP contribution >= 0.6 is 0 Å². The molecule has 5 heteroatoms. The number of hydrogen-bond acceptors (Lipinski definition) is 2. The van der Waals surface area contributed by atoms with Gasteiger partial charge in [0, 0.05) is 6.61 Å². The lowest BCUT2D eigenvalue weighted by atomic mass is 10.4. The Hall–Kier alpha value is -0.710. The van der Waals surface area contributed by atoms with Gasteiger partial charge >= 0.3 is 11.9 Å². The van der Waals surface area contributed by atoms with E-state index in [2.05, 4.69) is 4.74 Å². The van der Waals surface area contributed by atoms with Gasteiger partial charge in [-0.25, -0.2) is 4.79 Å². The summed E-state index contributed by atoms with van der Waals surface area (Å²) in [6.07, 6.45) is 0. The Kier molecular flexibility index (Phi) is 3.21. The third-order valence-corrected chi connectivity index (χ3v) is 0.800. The van der Waals surface area contributed by atoms with E-state index in [1.54, 1.807) is 0 Å². The van der Waals surface area contributed by atoms with Crippen LogP contribution in [0.3, 0.4) is 0 Å². The van der Waals surface area contributed by atoms with Gasteiger partial charge in [-0.15, -0.1) is 0 Å². The molecule has 0 aliphatic heterocycles. The smallest absolute Gasteiger partial charge is 0.377 e. The van der Waals surface area contributed by atoms with Crippen molar-refractivity contribution < 1.29 is 23.4 Å². The van der Waals surface area contributed by atoms with Gasteiger partial charge in [0.05, 0.1) is 0 Å². The molecule has 0 bridgehead atoms. The van der Waals surface area contributed by atoms with Gasteiger partial charge in [0.1, 0.15) is 6.61 Å². The number of carbonyl (C=O) groups is 1. The highest BCUT2D eigenvalue weighted by atomic mass is 19.3. The molecule has 0 atom stereocenters. The summed E-state index contributed by atoms with van der Waals surface area (Å²) >= 11 is 0. The molecule has 0 heterocycles. The van der Waals surface area contributed by atoms with Crippen molar-refractivity contribution in [3.8, 4) is 0 Å². The van der Waals surface area contributed by atoms with Crippen LogP contribution in [0.15, 0.2) is 0 Å². The number of hydrogen-bond donors (Lipinski definition) is 1. The van der Waals surface area contributed by atoms with Gasteiger partial charge in [-0.2, -0.15) is 8.78 Å². The Labute approximate surface area is 56.6 Å². The molecule has 0 aromatic rings. The van der Waals surface area contributed by atoms with Gasteiger partial charge in [-0.3, -0.25) is 0 Å². The van der Waals surface area contributed by atoms with E-state index in [9.17, 15) is 13.6 Å². The lowest BCUT2D eigenvalue weighted by Gasteiger charge is -2.09. The molecule has 0 saturated carbocycles. The third kappa shape index (κ3) is 2.72. The molecule has 0 saturated heterocycles. The second kappa shape index (κ2) is 3.46. The van der Waals surface area contributed by atoms with Crippen LogP contribution in [-0.4, -0.2) is 30.2 Å². The fourth-order valence-corrected chi connectivity index (χ4v) is 0.292. The van der Waals surface area contributed by atoms with Crippen molar-refractivity contribution in [2.45, 2.75) is 12.8 Å². The second-order valence-electron chi connectivity index (χ2n) is 1.65.